The highest BCUT2D eigenvalue weighted by atomic mass is 16.5. The number of benzene rings is 3. The van der Waals surface area contributed by atoms with Crippen molar-refractivity contribution in [1.29, 1.82) is 0 Å². The van der Waals surface area contributed by atoms with Gasteiger partial charge in [-0.1, -0.05) is 49.4 Å². The van der Waals surface area contributed by atoms with E-state index in [2.05, 4.69) is 0 Å². The van der Waals surface area contributed by atoms with E-state index in [1.807, 2.05) is 26.0 Å². The number of phenols is 1. The summed E-state index contributed by atoms with van der Waals surface area (Å²) in [5.41, 5.74) is 2.21. The smallest absolute Gasteiger partial charge is 0.300 e. The Morgan fingerprint density at radius 1 is 1.00 bits per heavy atom. The van der Waals surface area contributed by atoms with Gasteiger partial charge in [0.2, 0.25) is 0 Å². The van der Waals surface area contributed by atoms with Crippen LogP contribution in [0, 0.1) is 6.92 Å². The molecule has 33 heavy (non-hydrogen) atoms. The zero-order chi connectivity index (χ0) is 23.5. The van der Waals surface area contributed by atoms with E-state index in [1.165, 1.54) is 17.0 Å². The summed E-state index contributed by atoms with van der Waals surface area (Å²) >= 11 is 0. The van der Waals surface area contributed by atoms with Gasteiger partial charge in [-0.3, -0.25) is 14.5 Å². The number of carbonyl (C=O) groups excluding carboxylic acids is 2. The van der Waals surface area contributed by atoms with Gasteiger partial charge in [0.05, 0.1) is 18.2 Å². The first kappa shape index (κ1) is 22.1. The van der Waals surface area contributed by atoms with Gasteiger partial charge in [0, 0.05) is 11.3 Å². The fraction of sp³-hybridized carbons (Fsp3) is 0.185. The number of amides is 1. The number of nitrogens with zero attached hydrogens (tertiary/aromatic N) is 1. The lowest BCUT2D eigenvalue weighted by molar-refractivity contribution is -0.132. The number of phenolic OH excluding ortho intramolecular Hbond substituents is 1. The summed E-state index contributed by atoms with van der Waals surface area (Å²) < 4.78 is 5.66. The Balaban J connectivity index is 1.91. The number of rotatable bonds is 6. The molecule has 0 aromatic heterocycles. The van der Waals surface area contributed by atoms with Crippen LogP contribution >= 0.6 is 0 Å². The lowest BCUT2D eigenvalue weighted by atomic mass is 9.94. The number of hydrogen-bond donors (Lipinski definition) is 2. The maximum absolute atomic E-state index is 13.2. The molecule has 2 N–H and O–H groups in total. The van der Waals surface area contributed by atoms with Gasteiger partial charge in [-0.05, 0) is 54.8 Å². The third-order valence-electron chi connectivity index (χ3n) is 5.59. The molecular formula is C27H25NO5. The number of ether oxygens (including phenoxy) is 1. The van der Waals surface area contributed by atoms with Crippen LogP contribution in [0.25, 0.3) is 5.76 Å². The SMILES string of the molecule is CCCOc1cccc(/C(O)=C2/C(=O)C(=O)N(c3ccccc3C)C2c2cccc(O)c2)c1. The summed E-state index contributed by atoms with van der Waals surface area (Å²) in [5, 5.41) is 21.3. The van der Waals surface area contributed by atoms with E-state index < -0.39 is 17.7 Å². The van der Waals surface area contributed by atoms with Crippen molar-refractivity contribution in [3.05, 3.63) is 95.1 Å². The van der Waals surface area contributed by atoms with Crippen LogP contribution in [0.5, 0.6) is 11.5 Å². The number of aromatic hydroxyl groups is 1. The molecule has 0 radical (unpaired) electrons. The molecule has 1 aliphatic rings. The fourth-order valence-corrected chi connectivity index (χ4v) is 4.03. The van der Waals surface area contributed by atoms with Crippen molar-refractivity contribution in [2.75, 3.05) is 11.5 Å². The highest BCUT2D eigenvalue weighted by Crippen LogP contribution is 2.43. The topological polar surface area (TPSA) is 87.1 Å². The number of ketones is 1. The fourth-order valence-electron chi connectivity index (χ4n) is 4.03. The van der Waals surface area contributed by atoms with E-state index in [0.717, 1.165) is 12.0 Å². The lowest BCUT2D eigenvalue weighted by Crippen LogP contribution is -2.30. The van der Waals surface area contributed by atoms with Gasteiger partial charge in [0.1, 0.15) is 17.3 Å². The quantitative estimate of drug-likeness (QED) is 0.314. The predicted molar refractivity (Wildman–Crippen MR) is 126 cm³/mol. The number of aliphatic hydroxyl groups is 1. The molecule has 0 saturated carbocycles. The van der Waals surface area contributed by atoms with E-state index in [-0.39, 0.29) is 17.1 Å². The van der Waals surface area contributed by atoms with Crippen LogP contribution in [0.15, 0.2) is 78.4 Å². The van der Waals surface area contributed by atoms with Gasteiger partial charge in [0.25, 0.3) is 11.7 Å². The Kier molecular flexibility index (Phi) is 6.18. The van der Waals surface area contributed by atoms with E-state index in [4.69, 9.17) is 4.74 Å². The third kappa shape index (κ3) is 4.20. The van der Waals surface area contributed by atoms with Crippen molar-refractivity contribution >= 4 is 23.1 Å². The van der Waals surface area contributed by atoms with Crippen LogP contribution in [0.2, 0.25) is 0 Å². The maximum atomic E-state index is 13.2. The van der Waals surface area contributed by atoms with Crippen LogP contribution in [-0.4, -0.2) is 28.5 Å². The van der Waals surface area contributed by atoms with Gasteiger partial charge in [0.15, 0.2) is 0 Å². The first-order valence-corrected chi connectivity index (χ1v) is 10.8. The molecular weight excluding hydrogens is 418 g/mol. The molecule has 1 fully saturated rings. The first-order chi connectivity index (χ1) is 15.9. The van der Waals surface area contributed by atoms with Gasteiger partial charge >= 0.3 is 0 Å². The minimum Gasteiger partial charge on any atom is -0.508 e. The third-order valence-corrected chi connectivity index (χ3v) is 5.59. The van der Waals surface area contributed by atoms with Gasteiger partial charge in [-0.15, -0.1) is 0 Å². The van der Waals surface area contributed by atoms with Crippen molar-refractivity contribution in [2.24, 2.45) is 0 Å². The molecule has 0 aliphatic carbocycles. The highest BCUT2D eigenvalue weighted by molar-refractivity contribution is 6.51. The summed E-state index contributed by atoms with van der Waals surface area (Å²) in [6.07, 6.45) is 0.829. The van der Waals surface area contributed by atoms with Gasteiger partial charge < -0.3 is 14.9 Å². The minimum atomic E-state index is -0.904. The molecule has 1 aliphatic heterocycles. The molecule has 168 valence electrons. The Bertz CT molecular complexity index is 1250. The van der Waals surface area contributed by atoms with Gasteiger partial charge in [-0.2, -0.15) is 0 Å². The minimum absolute atomic E-state index is 0.00201. The van der Waals surface area contributed by atoms with Crippen molar-refractivity contribution < 1.29 is 24.5 Å². The molecule has 6 nitrogen and oxygen atoms in total. The molecule has 4 rings (SSSR count). The molecule has 1 unspecified atom stereocenters. The Morgan fingerprint density at radius 3 is 2.48 bits per heavy atom. The Morgan fingerprint density at radius 2 is 1.76 bits per heavy atom. The van der Waals surface area contributed by atoms with Crippen molar-refractivity contribution in [1.82, 2.24) is 0 Å². The van der Waals surface area contributed by atoms with Crippen molar-refractivity contribution in [3.63, 3.8) is 0 Å². The zero-order valence-corrected chi connectivity index (χ0v) is 18.5. The molecule has 3 aromatic rings. The van der Waals surface area contributed by atoms with E-state index in [9.17, 15) is 19.8 Å². The first-order valence-electron chi connectivity index (χ1n) is 10.8. The number of aliphatic hydroxyl groups excluding tert-OH is 1. The average Bonchev–Trinajstić information content (AvgIpc) is 3.08. The molecule has 1 saturated heterocycles. The Labute approximate surface area is 192 Å². The van der Waals surface area contributed by atoms with Crippen LogP contribution in [-0.2, 0) is 9.59 Å². The van der Waals surface area contributed by atoms with Crippen LogP contribution in [0.4, 0.5) is 5.69 Å². The largest absolute Gasteiger partial charge is 0.508 e. The summed E-state index contributed by atoms with van der Waals surface area (Å²) in [5.74, 6) is -1.26. The number of anilines is 1. The van der Waals surface area contributed by atoms with Crippen LogP contribution in [0.3, 0.4) is 0 Å². The molecule has 1 amide bonds. The van der Waals surface area contributed by atoms with Crippen LogP contribution < -0.4 is 9.64 Å². The second-order valence-corrected chi connectivity index (χ2v) is 7.93. The van der Waals surface area contributed by atoms with E-state index >= 15 is 0 Å². The van der Waals surface area contributed by atoms with Crippen molar-refractivity contribution in [3.8, 4) is 11.5 Å². The summed E-state index contributed by atoms with van der Waals surface area (Å²) in [4.78, 5) is 27.8. The monoisotopic (exact) mass is 443 g/mol. The number of para-hydroxylation sites is 1. The summed E-state index contributed by atoms with van der Waals surface area (Å²) in [7, 11) is 0. The molecule has 0 bridgehead atoms. The molecule has 1 heterocycles. The lowest BCUT2D eigenvalue weighted by Gasteiger charge is -2.26. The second kappa shape index (κ2) is 9.20. The van der Waals surface area contributed by atoms with Crippen molar-refractivity contribution in [2.45, 2.75) is 26.3 Å². The number of aryl methyl sites for hydroxylation is 1. The molecule has 0 spiro atoms. The number of Topliss-reactive ketones (excluding diaryl/α,β-unsaturated/α-hetero) is 1. The average molecular weight is 443 g/mol. The molecule has 3 aromatic carbocycles. The summed E-state index contributed by atoms with van der Waals surface area (Å²) in [6.45, 7) is 4.36. The van der Waals surface area contributed by atoms with Gasteiger partial charge in [-0.25, -0.2) is 0 Å². The highest BCUT2D eigenvalue weighted by Gasteiger charge is 2.47. The predicted octanol–water partition coefficient (Wildman–Crippen LogP) is 5.12. The number of carbonyl (C=O) groups is 2. The molecule has 6 heteroatoms. The Hall–Kier alpha value is -4.06. The second-order valence-electron chi connectivity index (χ2n) is 7.93. The standard InChI is InChI=1S/C27H25NO5/c1-3-14-33-21-12-7-10-19(16-21)25(30)23-24(18-9-6-11-20(29)15-18)28(27(32)26(23)31)22-13-5-4-8-17(22)2/h4-13,15-16,24,29-30H,3,14H2,1-2H3/b25-23-. The number of hydrogen-bond acceptors (Lipinski definition) is 5. The maximum Gasteiger partial charge on any atom is 0.300 e. The summed E-state index contributed by atoms with van der Waals surface area (Å²) in [6, 6.07) is 19.5. The zero-order valence-electron chi connectivity index (χ0n) is 18.5. The van der Waals surface area contributed by atoms with E-state index in [0.29, 0.717) is 29.2 Å². The van der Waals surface area contributed by atoms with Crippen LogP contribution in [0.1, 0.15) is 36.1 Å². The normalized spacial score (nSPS) is 17.4. The molecule has 1 atom stereocenters. The van der Waals surface area contributed by atoms with E-state index in [1.54, 1.807) is 48.5 Å².